The summed E-state index contributed by atoms with van der Waals surface area (Å²) in [5.74, 6) is -0.867. The fourth-order valence-electron chi connectivity index (χ4n) is 2.04. The summed E-state index contributed by atoms with van der Waals surface area (Å²) in [6, 6.07) is 4.15. The van der Waals surface area contributed by atoms with Gasteiger partial charge >= 0.3 is 0 Å². The predicted octanol–water partition coefficient (Wildman–Crippen LogP) is 1.18. The Morgan fingerprint density at radius 1 is 1.48 bits per heavy atom. The molecule has 1 heterocycles. The average molecular weight is 334 g/mol. The van der Waals surface area contributed by atoms with Crippen molar-refractivity contribution in [3.63, 3.8) is 0 Å². The first-order valence-corrected chi connectivity index (χ1v) is 6.62. The smallest absolute Gasteiger partial charge is 0.250 e. The molecule has 2 atom stereocenters. The fourth-order valence-corrected chi connectivity index (χ4v) is 2.25. The number of rotatable bonds is 3. The highest BCUT2D eigenvalue weighted by Gasteiger charge is 2.28. The molecule has 21 heavy (non-hydrogen) atoms. The van der Waals surface area contributed by atoms with Crippen molar-refractivity contribution in [2.24, 2.45) is 5.73 Å². The number of carbonyl (C=O) groups excluding carboxylic acids is 2. The van der Waals surface area contributed by atoms with Gasteiger partial charge in [0, 0.05) is 12.2 Å². The molecule has 2 amide bonds. The third kappa shape index (κ3) is 4.31. The summed E-state index contributed by atoms with van der Waals surface area (Å²) in [4.78, 5) is 23.3. The molecular formula is C13H17Cl2N3O3. The molecular weight excluding hydrogens is 317 g/mol. The van der Waals surface area contributed by atoms with E-state index in [-0.39, 0.29) is 35.0 Å². The van der Waals surface area contributed by atoms with Crippen LogP contribution in [0, 0.1) is 0 Å². The van der Waals surface area contributed by atoms with E-state index < -0.39 is 11.9 Å². The number of amides is 2. The summed E-state index contributed by atoms with van der Waals surface area (Å²) in [5.41, 5.74) is 5.85. The first kappa shape index (κ1) is 17.7. The number of ether oxygens (including phenoxy) is 1. The summed E-state index contributed by atoms with van der Waals surface area (Å²) >= 11 is 5.85. The summed E-state index contributed by atoms with van der Waals surface area (Å²) in [6.45, 7) is 3.03. The summed E-state index contributed by atoms with van der Waals surface area (Å²) in [5, 5.41) is 6.05. The molecule has 4 N–H and O–H groups in total. The SMILES string of the molecule is C[C@H]1OCCN[C@@H]1C(=O)Nc1ccc(Cl)c(C(N)=O)c1.Cl. The van der Waals surface area contributed by atoms with Gasteiger partial charge in [0.05, 0.1) is 23.3 Å². The Bertz CT molecular complexity index is 539. The zero-order valence-electron chi connectivity index (χ0n) is 11.4. The van der Waals surface area contributed by atoms with Crippen molar-refractivity contribution in [1.29, 1.82) is 0 Å². The molecule has 116 valence electrons. The van der Waals surface area contributed by atoms with Crippen molar-refractivity contribution in [3.05, 3.63) is 28.8 Å². The van der Waals surface area contributed by atoms with Crippen LogP contribution in [0.1, 0.15) is 17.3 Å². The third-order valence-electron chi connectivity index (χ3n) is 3.10. The van der Waals surface area contributed by atoms with Gasteiger partial charge in [0.1, 0.15) is 6.04 Å². The Morgan fingerprint density at radius 3 is 2.81 bits per heavy atom. The number of nitrogens with one attached hydrogen (secondary N) is 2. The van der Waals surface area contributed by atoms with Gasteiger partial charge in [-0.25, -0.2) is 0 Å². The molecule has 1 aliphatic rings. The number of morpholine rings is 1. The van der Waals surface area contributed by atoms with Gasteiger partial charge in [-0.15, -0.1) is 12.4 Å². The van der Waals surface area contributed by atoms with Crippen molar-refractivity contribution in [2.45, 2.75) is 19.1 Å². The van der Waals surface area contributed by atoms with Gasteiger partial charge < -0.3 is 21.1 Å². The predicted molar refractivity (Wildman–Crippen MR) is 83.1 cm³/mol. The van der Waals surface area contributed by atoms with Crippen LogP contribution in [0.5, 0.6) is 0 Å². The van der Waals surface area contributed by atoms with E-state index >= 15 is 0 Å². The van der Waals surface area contributed by atoms with Gasteiger partial charge in [-0.2, -0.15) is 0 Å². The molecule has 0 unspecified atom stereocenters. The molecule has 0 saturated carbocycles. The van der Waals surface area contributed by atoms with Crippen molar-refractivity contribution >= 4 is 41.5 Å². The Balaban J connectivity index is 0.00000220. The maximum Gasteiger partial charge on any atom is 0.250 e. The third-order valence-corrected chi connectivity index (χ3v) is 3.43. The molecule has 0 bridgehead atoms. The number of benzene rings is 1. The van der Waals surface area contributed by atoms with Gasteiger partial charge in [-0.1, -0.05) is 11.6 Å². The molecule has 0 spiro atoms. The maximum atomic E-state index is 12.1. The minimum Gasteiger partial charge on any atom is -0.375 e. The van der Waals surface area contributed by atoms with E-state index in [0.717, 1.165) is 0 Å². The van der Waals surface area contributed by atoms with Crippen LogP contribution in [-0.2, 0) is 9.53 Å². The Kier molecular flexibility index (Phi) is 6.42. The van der Waals surface area contributed by atoms with E-state index in [0.29, 0.717) is 18.8 Å². The second kappa shape index (κ2) is 7.61. The van der Waals surface area contributed by atoms with Gasteiger partial charge in [-0.3, -0.25) is 9.59 Å². The molecule has 0 radical (unpaired) electrons. The Hall–Kier alpha value is -1.34. The monoisotopic (exact) mass is 333 g/mol. The zero-order chi connectivity index (χ0) is 14.7. The van der Waals surface area contributed by atoms with Crippen molar-refractivity contribution in [3.8, 4) is 0 Å². The van der Waals surface area contributed by atoms with E-state index in [1.54, 1.807) is 6.07 Å². The van der Waals surface area contributed by atoms with Gasteiger partial charge in [0.15, 0.2) is 0 Å². The number of nitrogens with two attached hydrogens (primary N) is 1. The second-order valence-corrected chi connectivity index (χ2v) is 4.96. The van der Waals surface area contributed by atoms with Crippen LogP contribution in [0.15, 0.2) is 18.2 Å². The average Bonchev–Trinajstić information content (AvgIpc) is 2.41. The lowest BCUT2D eigenvalue weighted by Crippen LogP contribution is -2.53. The quantitative estimate of drug-likeness (QED) is 0.774. The first-order chi connectivity index (χ1) is 9.49. The normalized spacial score (nSPS) is 21.2. The van der Waals surface area contributed by atoms with Crippen LogP contribution in [0.25, 0.3) is 0 Å². The van der Waals surface area contributed by atoms with Crippen LogP contribution < -0.4 is 16.4 Å². The van der Waals surface area contributed by atoms with E-state index in [1.807, 2.05) is 6.92 Å². The standard InChI is InChI=1S/C13H16ClN3O3.ClH/c1-7-11(16-4-5-20-7)13(19)17-8-2-3-10(14)9(6-8)12(15)18;/h2-3,6-7,11,16H,4-5H2,1H3,(H2,15,18)(H,17,19);1H/t7-,11+;/m1./s1. The summed E-state index contributed by atoms with van der Waals surface area (Å²) in [7, 11) is 0. The lowest BCUT2D eigenvalue weighted by Gasteiger charge is -2.29. The van der Waals surface area contributed by atoms with Gasteiger partial charge in [0.2, 0.25) is 11.8 Å². The van der Waals surface area contributed by atoms with Gasteiger partial charge in [0.25, 0.3) is 0 Å². The lowest BCUT2D eigenvalue weighted by atomic mass is 10.1. The number of hydrogen-bond donors (Lipinski definition) is 3. The molecule has 1 fully saturated rings. The fraction of sp³-hybridized carbons (Fsp3) is 0.385. The van der Waals surface area contributed by atoms with Crippen LogP contribution in [0.4, 0.5) is 5.69 Å². The van der Waals surface area contributed by atoms with E-state index in [2.05, 4.69) is 10.6 Å². The second-order valence-electron chi connectivity index (χ2n) is 4.56. The molecule has 2 rings (SSSR count). The highest BCUT2D eigenvalue weighted by Crippen LogP contribution is 2.20. The number of hydrogen-bond acceptors (Lipinski definition) is 4. The molecule has 8 heteroatoms. The van der Waals surface area contributed by atoms with Crippen molar-refractivity contribution in [2.75, 3.05) is 18.5 Å². The van der Waals surface area contributed by atoms with Crippen LogP contribution in [-0.4, -0.2) is 37.1 Å². The maximum absolute atomic E-state index is 12.1. The molecule has 1 aromatic rings. The van der Waals surface area contributed by atoms with E-state index in [4.69, 9.17) is 22.1 Å². The number of anilines is 1. The minimum absolute atomic E-state index is 0. The lowest BCUT2D eigenvalue weighted by molar-refractivity contribution is -0.123. The summed E-state index contributed by atoms with van der Waals surface area (Å²) in [6.07, 6.45) is -0.216. The molecule has 1 aliphatic heterocycles. The molecule has 0 aliphatic carbocycles. The largest absolute Gasteiger partial charge is 0.375 e. The minimum atomic E-state index is -0.640. The van der Waals surface area contributed by atoms with Crippen LogP contribution in [0.3, 0.4) is 0 Å². The number of halogens is 2. The topological polar surface area (TPSA) is 93.4 Å². The van der Waals surface area contributed by atoms with Crippen LogP contribution >= 0.6 is 24.0 Å². The van der Waals surface area contributed by atoms with Crippen LogP contribution in [0.2, 0.25) is 5.02 Å². The highest BCUT2D eigenvalue weighted by atomic mass is 35.5. The summed E-state index contributed by atoms with van der Waals surface area (Å²) < 4.78 is 5.41. The number of carbonyl (C=O) groups is 2. The molecule has 6 nitrogen and oxygen atoms in total. The highest BCUT2D eigenvalue weighted by molar-refractivity contribution is 6.34. The van der Waals surface area contributed by atoms with Gasteiger partial charge in [-0.05, 0) is 25.1 Å². The van der Waals surface area contributed by atoms with E-state index in [1.165, 1.54) is 12.1 Å². The molecule has 0 aromatic heterocycles. The molecule has 1 saturated heterocycles. The van der Waals surface area contributed by atoms with Crippen molar-refractivity contribution in [1.82, 2.24) is 5.32 Å². The zero-order valence-corrected chi connectivity index (χ0v) is 13.0. The first-order valence-electron chi connectivity index (χ1n) is 6.24. The number of primary amides is 1. The van der Waals surface area contributed by atoms with Crippen molar-refractivity contribution < 1.29 is 14.3 Å². The van der Waals surface area contributed by atoms with E-state index in [9.17, 15) is 9.59 Å². The molecule has 1 aromatic carbocycles. The Morgan fingerprint density at radius 2 is 2.19 bits per heavy atom. The Labute approximate surface area is 133 Å².